The second-order valence-corrected chi connectivity index (χ2v) is 7.78. The summed E-state index contributed by atoms with van der Waals surface area (Å²) in [6.45, 7) is 13.1. The number of rotatable bonds is 7. The van der Waals surface area contributed by atoms with E-state index in [1.165, 1.54) is 38.8 Å². The molecule has 2 rings (SSSR count). The molecule has 0 bridgehead atoms. The first-order chi connectivity index (χ1) is 12.1. The molecule has 6 heteroatoms. The van der Waals surface area contributed by atoms with Crippen molar-refractivity contribution >= 4 is 5.96 Å². The smallest absolute Gasteiger partial charge is 0.191 e. The molecule has 0 amide bonds. The van der Waals surface area contributed by atoms with Gasteiger partial charge in [0.15, 0.2) is 5.96 Å². The highest BCUT2D eigenvalue weighted by Gasteiger charge is 2.21. The third-order valence-corrected chi connectivity index (χ3v) is 5.64. The van der Waals surface area contributed by atoms with E-state index in [0.717, 1.165) is 51.3 Å². The molecule has 0 spiro atoms. The topological polar surface area (TPSA) is 46.1 Å². The zero-order valence-electron chi connectivity index (χ0n) is 16.9. The van der Waals surface area contributed by atoms with Crippen LogP contribution in [-0.4, -0.2) is 99.2 Å². The van der Waals surface area contributed by atoms with Gasteiger partial charge in [0.2, 0.25) is 0 Å². The first-order valence-corrected chi connectivity index (χ1v) is 10.2. The molecule has 2 N–H and O–H groups in total. The van der Waals surface area contributed by atoms with Crippen LogP contribution in [0.3, 0.4) is 0 Å². The monoisotopic (exact) mass is 352 g/mol. The Labute approximate surface area is 155 Å². The minimum Gasteiger partial charge on any atom is -0.357 e. The Balaban J connectivity index is 1.71. The Bertz CT molecular complexity index is 399. The van der Waals surface area contributed by atoms with Gasteiger partial charge in [0.1, 0.15) is 0 Å². The van der Waals surface area contributed by atoms with Gasteiger partial charge in [0, 0.05) is 51.4 Å². The van der Waals surface area contributed by atoms with Gasteiger partial charge in [-0.05, 0) is 53.8 Å². The maximum atomic E-state index is 4.83. The van der Waals surface area contributed by atoms with Gasteiger partial charge in [-0.25, -0.2) is 0 Å². The largest absolute Gasteiger partial charge is 0.357 e. The third kappa shape index (κ3) is 7.12. The number of nitrogens with zero attached hydrogens (tertiary/aromatic N) is 4. The first-order valence-electron chi connectivity index (χ1n) is 10.2. The van der Waals surface area contributed by atoms with Crippen LogP contribution in [0.4, 0.5) is 0 Å². The SMILES string of the molecule is CCNC(=NCC1CN(C)CCN1C)NCCCN1CCCCC1C. The molecule has 2 aliphatic heterocycles. The van der Waals surface area contributed by atoms with E-state index >= 15 is 0 Å². The molecule has 2 aliphatic rings. The molecule has 0 radical (unpaired) electrons. The van der Waals surface area contributed by atoms with E-state index in [1.54, 1.807) is 0 Å². The van der Waals surface area contributed by atoms with Crippen LogP contribution >= 0.6 is 0 Å². The molecule has 2 saturated heterocycles. The predicted octanol–water partition coefficient (Wildman–Crippen LogP) is 1.05. The summed E-state index contributed by atoms with van der Waals surface area (Å²) in [6, 6.07) is 1.28. The third-order valence-electron chi connectivity index (χ3n) is 5.64. The summed E-state index contributed by atoms with van der Waals surface area (Å²) in [6.07, 6.45) is 5.31. The zero-order valence-corrected chi connectivity index (χ0v) is 16.9. The number of likely N-dealkylation sites (tertiary alicyclic amines) is 1. The van der Waals surface area contributed by atoms with Crippen molar-refractivity contribution < 1.29 is 0 Å². The number of nitrogens with one attached hydrogen (secondary N) is 2. The summed E-state index contributed by atoms with van der Waals surface area (Å²) < 4.78 is 0. The lowest BCUT2D eigenvalue weighted by Crippen LogP contribution is -2.51. The van der Waals surface area contributed by atoms with E-state index in [1.807, 2.05) is 0 Å². The fraction of sp³-hybridized carbons (Fsp3) is 0.947. The van der Waals surface area contributed by atoms with Crippen LogP contribution in [0.25, 0.3) is 0 Å². The van der Waals surface area contributed by atoms with Crippen LogP contribution in [0.5, 0.6) is 0 Å². The van der Waals surface area contributed by atoms with E-state index in [4.69, 9.17) is 4.99 Å². The number of piperidine rings is 1. The highest BCUT2D eigenvalue weighted by Crippen LogP contribution is 2.16. The molecule has 0 saturated carbocycles. The molecule has 0 aromatic heterocycles. The van der Waals surface area contributed by atoms with Gasteiger partial charge in [-0.1, -0.05) is 6.42 Å². The molecule has 2 fully saturated rings. The van der Waals surface area contributed by atoms with Crippen LogP contribution in [0, 0.1) is 0 Å². The van der Waals surface area contributed by atoms with Crippen LogP contribution in [0.15, 0.2) is 4.99 Å². The van der Waals surface area contributed by atoms with Gasteiger partial charge < -0.3 is 20.4 Å². The first kappa shape index (κ1) is 20.5. The maximum Gasteiger partial charge on any atom is 0.191 e. The van der Waals surface area contributed by atoms with Crippen molar-refractivity contribution in [3.8, 4) is 0 Å². The highest BCUT2D eigenvalue weighted by atomic mass is 15.3. The summed E-state index contributed by atoms with van der Waals surface area (Å²) in [5.74, 6) is 0.968. The molecule has 2 heterocycles. The van der Waals surface area contributed by atoms with E-state index in [9.17, 15) is 0 Å². The van der Waals surface area contributed by atoms with Crippen LogP contribution in [0.1, 0.15) is 39.5 Å². The van der Waals surface area contributed by atoms with Crippen molar-refractivity contribution in [3.63, 3.8) is 0 Å². The number of hydrogen-bond acceptors (Lipinski definition) is 4. The van der Waals surface area contributed by atoms with Crippen LogP contribution in [0.2, 0.25) is 0 Å². The quantitative estimate of drug-likeness (QED) is 0.407. The summed E-state index contributed by atoms with van der Waals surface area (Å²) in [7, 11) is 4.42. The molecular formula is C19H40N6. The number of likely N-dealkylation sites (N-methyl/N-ethyl adjacent to an activating group) is 2. The second-order valence-electron chi connectivity index (χ2n) is 7.78. The Kier molecular flexibility index (Phi) is 8.99. The van der Waals surface area contributed by atoms with Gasteiger partial charge in [-0.3, -0.25) is 9.89 Å². The van der Waals surface area contributed by atoms with Crippen molar-refractivity contribution in [1.82, 2.24) is 25.3 Å². The Morgan fingerprint density at radius 3 is 2.72 bits per heavy atom. The van der Waals surface area contributed by atoms with Crippen molar-refractivity contribution in [3.05, 3.63) is 0 Å². The second kappa shape index (κ2) is 11.0. The lowest BCUT2D eigenvalue weighted by Gasteiger charge is -2.37. The highest BCUT2D eigenvalue weighted by molar-refractivity contribution is 5.79. The standard InChI is InChI=1S/C19H40N6/c1-5-20-19(22-15-18-16-23(3)13-14-24(18)4)21-10-8-12-25-11-7-6-9-17(25)2/h17-18H,5-16H2,1-4H3,(H2,20,21,22). The summed E-state index contributed by atoms with van der Waals surface area (Å²) in [4.78, 5) is 12.3. The average Bonchev–Trinajstić information content (AvgIpc) is 2.60. The molecule has 2 atom stereocenters. The number of hydrogen-bond donors (Lipinski definition) is 2. The van der Waals surface area contributed by atoms with Crippen molar-refractivity contribution in [2.24, 2.45) is 4.99 Å². The van der Waals surface area contributed by atoms with Gasteiger partial charge >= 0.3 is 0 Å². The van der Waals surface area contributed by atoms with E-state index in [-0.39, 0.29) is 0 Å². The van der Waals surface area contributed by atoms with Gasteiger partial charge in [0.05, 0.1) is 6.54 Å². The lowest BCUT2D eigenvalue weighted by atomic mass is 10.0. The molecule has 6 nitrogen and oxygen atoms in total. The van der Waals surface area contributed by atoms with Crippen molar-refractivity contribution in [2.75, 3.05) is 66.5 Å². The zero-order chi connectivity index (χ0) is 18.1. The number of guanidine groups is 1. The van der Waals surface area contributed by atoms with Crippen molar-refractivity contribution in [1.29, 1.82) is 0 Å². The normalized spacial score (nSPS) is 27.4. The average molecular weight is 353 g/mol. The van der Waals surface area contributed by atoms with Gasteiger partial charge in [-0.2, -0.15) is 0 Å². The molecule has 0 aromatic rings. The Morgan fingerprint density at radius 1 is 1.12 bits per heavy atom. The molecule has 2 unspecified atom stereocenters. The summed E-state index contributed by atoms with van der Waals surface area (Å²) in [5.41, 5.74) is 0. The van der Waals surface area contributed by atoms with Gasteiger partial charge in [0.25, 0.3) is 0 Å². The minimum atomic E-state index is 0.517. The number of aliphatic imine (C=N–C) groups is 1. The molecule has 0 aliphatic carbocycles. The lowest BCUT2D eigenvalue weighted by molar-refractivity contribution is 0.119. The minimum absolute atomic E-state index is 0.517. The molecule has 0 aromatic carbocycles. The van der Waals surface area contributed by atoms with E-state index in [2.05, 4.69) is 53.3 Å². The molecular weight excluding hydrogens is 312 g/mol. The maximum absolute atomic E-state index is 4.83. The fourth-order valence-corrected chi connectivity index (χ4v) is 3.82. The fourth-order valence-electron chi connectivity index (χ4n) is 3.82. The number of piperazine rings is 1. The van der Waals surface area contributed by atoms with Crippen LogP contribution in [-0.2, 0) is 0 Å². The van der Waals surface area contributed by atoms with E-state index in [0.29, 0.717) is 6.04 Å². The van der Waals surface area contributed by atoms with Crippen LogP contribution < -0.4 is 10.6 Å². The Morgan fingerprint density at radius 2 is 1.96 bits per heavy atom. The van der Waals surface area contributed by atoms with Gasteiger partial charge in [-0.15, -0.1) is 0 Å². The Hall–Kier alpha value is -0.850. The summed E-state index contributed by atoms with van der Waals surface area (Å²) >= 11 is 0. The summed E-state index contributed by atoms with van der Waals surface area (Å²) in [5, 5.41) is 6.91. The van der Waals surface area contributed by atoms with E-state index < -0.39 is 0 Å². The molecule has 25 heavy (non-hydrogen) atoms. The molecule has 146 valence electrons. The van der Waals surface area contributed by atoms with Crippen molar-refractivity contribution in [2.45, 2.75) is 51.6 Å². The predicted molar refractivity (Wildman–Crippen MR) is 107 cm³/mol.